The molecule has 1 saturated heterocycles. The van der Waals surface area contributed by atoms with Crippen molar-refractivity contribution in [1.29, 1.82) is 0 Å². The molecule has 1 aromatic rings. The van der Waals surface area contributed by atoms with E-state index in [9.17, 15) is 4.79 Å². The molecule has 20 heavy (non-hydrogen) atoms. The Morgan fingerprint density at radius 1 is 1.50 bits per heavy atom. The molecule has 0 radical (unpaired) electrons. The second kappa shape index (κ2) is 5.60. The van der Waals surface area contributed by atoms with Gasteiger partial charge >= 0.3 is 5.97 Å². The molecule has 3 atom stereocenters. The Balaban J connectivity index is 1.54. The van der Waals surface area contributed by atoms with Crippen LogP contribution >= 0.6 is 0 Å². The van der Waals surface area contributed by atoms with Gasteiger partial charge in [-0.25, -0.2) is 0 Å². The van der Waals surface area contributed by atoms with Crippen LogP contribution < -0.4 is 0 Å². The summed E-state index contributed by atoms with van der Waals surface area (Å²) >= 11 is 0. The third-order valence-corrected chi connectivity index (χ3v) is 4.60. The first-order chi connectivity index (χ1) is 9.61. The molecule has 3 unspecified atom stereocenters. The number of hydrogen-bond donors (Lipinski definition) is 1. The smallest absolute Gasteiger partial charge is 0.303 e. The lowest BCUT2D eigenvalue weighted by atomic mass is 9.95. The molecule has 3 rings (SSSR count). The van der Waals surface area contributed by atoms with Gasteiger partial charge in [0.15, 0.2) is 0 Å². The summed E-state index contributed by atoms with van der Waals surface area (Å²) in [5.41, 5.74) is 0. The Morgan fingerprint density at radius 2 is 2.30 bits per heavy atom. The van der Waals surface area contributed by atoms with Crippen LogP contribution in [0.2, 0.25) is 0 Å². The van der Waals surface area contributed by atoms with Gasteiger partial charge in [-0.1, -0.05) is 6.92 Å². The van der Waals surface area contributed by atoms with E-state index in [0.29, 0.717) is 18.3 Å². The molecular formula is C16H23NO3. The number of carboxylic acids is 1. The second-order valence-corrected chi connectivity index (χ2v) is 6.46. The summed E-state index contributed by atoms with van der Waals surface area (Å²) in [6.07, 6.45) is 3.66. The fourth-order valence-corrected chi connectivity index (χ4v) is 3.33. The molecule has 1 saturated carbocycles. The Hall–Kier alpha value is -1.29. The minimum Gasteiger partial charge on any atom is -0.481 e. The Kier molecular flexibility index (Phi) is 3.83. The largest absolute Gasteiger partial charge is 0.481 e. The molecule has 1 N–H and O–H groups in total. The third kappa shape index (κ3) is 3.23. The van der Waals surface area contributed by atoms with Crippen LogP contribution in [0.1, 0.15) is 50.0 Å². The van der Waals surface area contributed by atoms with Crippen LogP contribution in [-0.2, 0) is 11.3 Å². The van der Waals surface area contributed by atoms with Crippen molar-refractivity contribution in [3.63, 3.8) is 0 Å². The zero-order valence-corrected chi connectivity index (χ0v) is 12.0. The highest BCUT2D eigenvalue weighted by atomic mass is 16.4. The second-order valence-electron chi connectivity index (χ2n) is 6.46. The maximum atomic E-state index is 10.8. The summed E-state index contributed by atoms with van der Waals surface area (Å²) in [4.78, 5) is 13.1. The molecule has 1 aliphatic carbocycles. The molecule has 0 aromatic carbocycles. The number of hydrogen-bond acceptors (Lipinski definition) is 3. The third-order valence-electron chi connectivity index (χ3n) is 4.60. The van der Waals surface area contributed by atoms with Crippen molar-refractivity contribution >= 4 is 5.97 Å². The first-order valence-corrected chi connectivity index (χ1v) is 7.64. The monoisotopic (exact) mass is 277 g/mol. The van der Waals surface area contributed by atoms with Crippen molar-refractivity contribution in [3.8, 4) is 0 Å². The highest BCUT2D eigenvalue weighted by Crippen LogP contribution is 2.47. The summed E-state index contributed by atoms with van der Waals surface area (Å²) in [5, 5.41) is 8.90. The maximum absolute atomic E-state index is 10.8. The van der Waals surface area contributed by atoms with Crippen molar-refractivity contribution in [2.75, 3.05) is 13.1 Å². The molecule has 0 bridgehead atoms. The van der Waals surface area contributed by atoms with E-state index in [-0.39, 0.29) is 0 Å². The van der Waals surface area contributed by atoms with Gasteiger partial charge in [0.25, 0.3) is 0 Å². The quantitative estimate of drug-likeness (QED) is 0.898. The lowest BCUT2D eigenvalue weighted by Gasteiger charge is -2.31. The van der Waals surface area contributed by atoms with Gasteiger partial charge in [-0.3, -0.25) is 9.69 Å². The van der Waals surface area contributed by atoms with Crippen molar-refractivity contribution < 1.29 is 14.3 Å². The van der Waals surface area contributed by atoms with Gasteiger partial charge in [-0.15, -0.1) is 0 Å². The van der Waals surface area contributed by atoms with Gasteiger partial charge in [-0.2, -0.15) is 0 Å². The van der Waals surface area contributed by atoms with Crippen LogP contribution in [-0.4, -0.2) is 29.1 Å². The van der Waals surface area contributed by atoms with Crippen LogP contribution in [0.5, 0.6) is 0 Å². The minimum absolute atomic E-state index is 0.291. The van der Waals surface area contributed by atoms with Gasteiger partial charge in [0.2, 0.25) is 0 Å². The summed E-state index contributed by atoms with van der Waals surface area (Å²) in [5.74, 6) is 3.16. The van der Waals surface area contributed by atoms with E-state index in [1.54, 1.807) is 0 Å². The number of likely N-dealkylation sites (tertiary alicyclic amines) is 1. The number of aliphatic carboxylic acids is 1. The van der Waals surface area contributed by atoms with E-state index in [2.05, 4.69) is 24.0 Å². The van der Waals surface area contributed by atoms with Crippen molar-refractivity contribution in [1.82, 2.24) is 4.90 Å². The summed E-state index contributed by atoms with van der Waals surface area (Å²) in [6.45, 7) is 5.00. The lowest BCUT2D eigenvalue weighted by Crippen LogP contribution is -2.35. The lowest BCUT2D eigenvalue weighted by molar-refractivity contribution is -0.138. The van der Waals surface area contributed by atoms with Gasteiger partial charge in [-0.05, 0) is 49.8 Å². The molecule has 110 valence electrons. The Bertz CT molecular complexity index is 482. The topological polar surface area (TPSA) is 53.7 Å². The van der Waals surface area contributed by atoms with Gasteiger partial charge in [0.05, 0.1) is 6.54 Å². The summed E-state index contributed by atoms with van der Waals surface area (Å²) in [6, 6.07) is 4.20. The predicted octanol–water partition coefficient (Wildman–Crippen LogP) is 3.09. The van der Waals surface area contributed by atoms with Gasteiger partial charge < -0.3 is 9.52 Å². The summed E-state index contributed by atoms with van der Waals surface area (Å²) < 4.78 is 5.94. The Morgan fingerprint density at radius 3 is 3.00 bits per heavy atom. The van der Waals surface area contributed by atoms with E-state index in [1.165, 1.54) is 6.42 Å². The maximum Gasteiger partial charge on any atom is 0.303 e. The molecule has 0 spiro atoms. The molecule has 0 amide bonds. The van der Waals surface area contributed by atoms with E-state index < -0.39 is 5.97 Å². The van der Waals surface area contributed by atoms with Crippen molar-refractivity contribution in [2.45, 2.75) is 45.1 Å². The molecule has 1 aromatic heterocycles. The van der Waals surface area contributed by atoms with Crippen LogP contribution in [0, 0.1) is 11.8 Å². The van der Waals surface area contributed by atoms with Crippen LogP contribution in [0.15, 0.2) is 16.5 Å². The predicted molar refractivity (Wildman–Crippen MR) is 75.5 cm³/mol. The number of carbonyl (C=O) groups is 1. The molecule has 2 heterocycles. The number of rotatable bonds is 5. The van der Waals surface area contributed by atoms with Crippen molar-refractivity contribution in [3.05, 3.63) is 23.7 Å². The van der Waals surface area contributed by atoms with E-state index >= 15 is 0 Å². The number of piperidine rings is 1. The summed E-state index contributed by atoms with van der Waals surface area (Å²) in [7, 11) is 0. The molecule has 4 nitrogen and oxygen atoms in total. The average molecular weight is 277 g/mol. The first-order valence-electron chi connectivity index (χ1n) is 7.64. The highest BCUT2D eigenvalue weighted by Gasteiger charge is 2.36. The molecule has 2 aliphatic rings. The van der Waals surface area contributed by atoms with E-state index in [4.69, 9.17) is 9.52 Å². The molecular weight excluding hydrogens is 254 g/mol. The fraction of sp³-hybridized carbons (Fsp3) is 0.688. The number of nitrogens with zero attached hydrogens (tertiary/aromatic N) is 1. The van der Waals surface area contributed by atoms with Crippen LogP contribution in [0.4, 0.5) is 0 Å². The zero-order chi connectivity index (χ0) is 14.1. The standard InChI is InChI=1S/C16H23NO3/c1-11-7-14(11)15-5-4-13(20-15)10-17-6-2-3-12(9-17)8-16(18)19/h4-5,11-12,14H,2-3,6-10H2,1H3,(H,18,19). The molecule has 1 aliphatic heterocycles. The number of carboxylic acid groups (broad SMARTS) is 1. The Labute approximate surface area is 119 Å². The van der Waals surface area contributed by atoms with E-state index in [1.807, 2.05) is 0 Å². The minimum atomic E-state index is -0.681. The zero-order valence-electron chi connectivity index (χ0n) is 12.0. The van der Waals surface area contributed by atoms with Crippen LogP contribution in [0.25, 0.3) is 0 Å². The van der Waals surface area contributed by atoms with Crippen molar-refractivity contribution in [2.24, 2.45) is 11.8 Å². The average Bonchev–Trinajstić information content (AvgIpc) is 2.94. The normalized spacial score (nSPS) is 30.4. The van der Waals surface area contributed by atoms with Gasteiger partial charge in [0.1, 0.15) is 11.5 Å². The number of furan rings is 1. The van der Waals surface area contributed by atoms with Gasteiger partial charge in [0, 0.05) is 18.9 Å². The fourth-order valence-electron chi connectivity index (χ4n) is 3.33. The highest BCUT2D eigenvalue weighted by molar-refractivity contribution is 5.67. The van der Waals surface area contributed by atoms with Crippen LogP contribution in [0.3, 0.4) is 0 Å². The molecule has 4 heteroatoms. The first kappa shape index (κ1) is 13.7. The molecule has 2 fully saturated rings. The SMILES string of the molecule is CC1CC1c1ccc(CN2CCCC(CC(=O)O)C2)o1. The van der Waals surface area contributed by atoms with E-state index in [0.717, 1.165) is 49.9 Å².